The molecule has 0 radical (unpaired) electrons. The van der Waals surface area contributed by atoms with Crippen molar-refractivity contribution in [3.63, 3.8) is 0 Å². The van der Waals surface area contributed by atoms with Crippen molar-refractivity contribution in [3.8, 4) is 11.1 Å². The number of anilines is 2. The van der Waals surface area contributed by atoms with Crippen molar-refractivity contribution < 1.29 is 36.6 Å². The van der Waals surface area contributed by atoms with Crippen LogP contribution in [0.2, 0.25) is 0 Å². The van der Waals surface area contributed by atoms with Gasteiger partial charge in [0.25, 0.3) is 0 Å². The number of ether oxygens (including phenoxy) is 1. The van der Waals surface area contributed by atoms with E-state index in [2.05, 4.69) is 4.90 Å². The summed E-state index contributed by atoms with van der Waals surface area (Å²) in [6.07, 6.45) is -3.21. The highest BCUT2D eigenvalue weighted by Gasteiger charge is 2.39. The Labute approximate surface area is 259 Å². The highest BCUT2D eigenvalue weighted by Crippen LogP contribution is 2.39. The van der Waals surface area contributed by atoms with Crippen LogP contribution >= 0.6 is 0 Å². The van der Waals surface area contributed by atoms with Crippen molar-refractivity contribution in [2.24, 2.45) is 0 Å². The van der Waals surface area contributed by atoms with Gasteiger partial charge in [-0.2, -0.15) is 13.2 Å². The number of carbonyl (C=O) groups is 1. The highest BCUT2D eigenvalue weighted by atomic mass is 19.4. The van der Waals surface area contributed by atoms with Crippen molar-refractivity contribution in [2.45, 2.75) is 51.1 Å². The van der Waals surface area contributed by atoms with Gasteiger partial charge in [-0.3, -0.25) is 9.69 Å². The molecule has 1 amide bonds. The number of morpholine rings is 1. The molecule has 2 fully saturated rings. The molecule has 2 aliphatic heterocycles. The summed E-state index contributed by atoms with van der Waals surface area (Å²) < 4.78 is 74.4. The molecule has 0 aliphatic carbocycles. The number of piperazine rings is 1. The topological polar surface area (TPSA) is 69.1 Å². The van der Waals surface area contributed by atoms with Gasteiger partial charge in [0.1, 0.15) is 18.3 Å². The Morgan fingerprint density at radius 2 is 1.82 bits per heavy atom. The van der Waals surface area contributed by atoms with E-state index in [1.54, 1.807) is 19.1 Å². The average molecular weight is 633 g/mol. The summed E-state index contributed by atoms with van der Waals surface area (Å²) >= 11 is 0. The number of halogens is 5. The monoisotopic (exact) mass is 632 g/mol. The van der Waals surface area contributed by atoms with Crippen molar-refractivity contribution in [2.75, 3.05) is 56.3 Å². The minimum Gasteiger partial charge on any atom is -0.394 e. The van der Waals surface area contributed by atoms with Crippen molar-refractivity contribution in [1.82, 2.24) is 9.88 Å². The van der Waals surface area contributed by atoms with Gasteiger partial charge in [0.05, 0.1) is 54.8 Å². The first kappa shape index (κ1) is 32.8. The summed E-state index contributed by atoms with van der Waals surface area (Å²) in [5.74, 6) is -0.435. The number of alkyl halides is 4. The number of aryl methyl sites for hydroxylation is 1. The van der Waals surface area contributed by atoms with Crippen molar-refractivity contribution >= 4 is 17.4 Å². The molecule has 5 rings (SSSR count). The summed E-state index contributed by atoms with van der Waals surface area (Å²) in [6, 6.07) is 8.83. The third-order valence-electron chi connectivity index (χ3n) is 8.89. The predicted molar refractivity (Wildman–Crippen MR) is 161 cm³/mol. The van der Waals surface area contributed by atoms with Crippen LogP contribution in [0.4, 0.5) is 33.5 Å². The van der Waals surface area contributed by atoms with Crippen LogP contribution in [-0.2, 0) is 27.8 Å². The molecule has 7 nitrogen and oxygen atoms in total. The van der Waals surface area contributed by atoms with Crippen LogP contribution in [0.3, 0.4) is 0 Å². The third kappa shape index (κ3) is 6.54. The molecule has 2 aliphatic rings. The molecule has 3 aromatic rings. The van der Waals surface area contributed by atoms with E-state index in [0.29, 0.717) is 54.5 Å². The zero-order chi connectivity index (χ0) is 32.7. The smallest absolute Gasteiger partial charge is 0.394 e. The largest absolute Gasteiger partial charge is 0.416 e. The van der Waals surface area contributed by atoms with Gasteiger partial charge in [-0.25, -0.2) is 13.8 Å². The molecular formula is C33H37F5N4O3. The Kier molecular flexibility index (Phi) is 9.21. The standard InChI is InChI=1S/C33H37F5N4O3/c1-20-9-24(35)5-6-27(20)28-13-30(42-17-26-19-45-8-7-41(26)16-25(42)18-43)39-15-29(28)40(4)31(44)32(2,3)22-10-21(14-34)11-23(12-22)33(36,37)38/h5-6,9-13,15,25-26,43H,7-8,14,16-19H2,1-4H3/t25-,26-/m0/s1. The number of hydrogen-bond acceptors (Lipinski definition) is 6. The zero-order valence-corrected chi connectivity index (χ0v) is 25.7. The maximum atomic E-state index is 14.2. The average Bonchev–Trinajstić information content (AvgIpc) is 3.02. The van der Waals surface area contributed by atoms with Gasteiger partial charge in [-0.15, -0.1) is 0 Å². The van der Waals surface area contributed by atoms with Crippen LogP contribution in [0.1, 0.15) is 36.1 Å². The Bertz CT molecular complexity index is 1560. The normalized spacial score (nSPS) is 19.4. The Morgan fingerprint density at radius 1 is 1.09 bits per heavy atom. The fourth-order valence-electron chi connectivity index (χ4n) is 6.23. The van der Waals surface area contributed by atoms with Crippen LogP contribution in [0.25, 0.3) is 11.1 Å². The molecular weight excluding hydrogens is 595 g/mol. The summed E-state index contributed by atoms with van der Waals surface area (Å²) in [6.45, 7) is 6.60. The number of rotatable bonds is 7. The number of nitrogens with zero attached hydrogens (tertiary/aromatic N) is 4. The van der Waals surface area contributed by atoms with E-state index in [4.69, 9.17) is 9.72 Å². The molecule has 242 valence electrons. The number of aromatic nitrogens is 1. The third-order valence-corrected chi connectivity index (χ3v) is 8.89. The molecule has 3 heterocycles. The number of likely N-dealkylation sites (N-methyl/N-ethyl adjacent to an activating group) is 1. The van der Waals surface area contributed by atoms with Crippen LogP contribution in [0.15, 0.2) is 48.7 Å². The fourth-order valence-corrected chi connectivity index (χ4v) is 6.23. The van der Waals surface area contributed by atoms with Gasteiger partial charge in [0.2, 0.25) is 5.91 Å². The molecule has 2 saturated heterocycles. The number of aliphatic hydroxyl groups excluding tert-OH is 1. The van der Waals surface area contributed by atoms with E-state index >= 15 is 0 Å². The Morgan fingerprint density at radius 3 is 2.49 bits per heavy atom. The number of hydrogen-bond donors (Lipinski definition) is 1. The van der Waals surface area contributed by atoms with E-state index in [0.717, 1.165) is 18.7 Å². The van der Waals surface area contributed by atoms with E-state index in [-0.39, 0.29) is 29.8 Å². The second-order valence-corrected chi connectivity index (χ2v) is 12.3. The second-order valence-electron chi connectivity index (χ2n) is 12.3. The summed E-state index contributed by atoms with van der Waals surface area (Å²) in [5, 5.41) is 10.3. The van der Waals surface area contributed by atoms with Gasteiger partial charge in [-0.1, -0.05) is 12.1 Å². The number of amides is 1. The first-order valence-electron chi connectivity index (χ1n) is 14.8. The van der Waals surface area contributed by atoms with E-state index in [1.165, 1.54) is 50.2 Å². The Hall–Kier alpha value is -3.61. The SMILES string of the molecule is Cc1cc(F)ccc1-c1cc(N2C[C@H]3COCCN3C[C@H]2CO)ncc1N(C)C(=O)C(C)(C)c1cc(CF)cc(C(F)(F)F)c1. The second kappa shape index (κ2) is 12.6. The first-order valence-corrected chi connectivity index (χ1v) is 14.8. The lowest BCUT2D eigenvalue weighted by atomic mass is 9.81. The zero-order valence-electron chi connectivity index (χ0n) is 25.7. The van der Waals surface area contributed by atoms with Crippen molar-refractivity contribution in [1.29, 1.82) is 0 Å². The maximum absolute atomic E-state index is 14.2. The number of carbonyl (C=O) groups excluding carboxylic acids is 1. The van der Waals surface area contributed by atoms with Crippen LogP contribution in [0, 0.1) is 12.7 Å². The molecule has 0 bridgehead atoms. The molecule has 12 heteroatoms. The van der Waals surface area contributed by atoms with E-state index in [1.807, 2.05) is 4.90 Å². The predicted octanol–water partition coefficient (Wildman–Crippen LogP) is 5.51. The van der Waals surface area contributed by atoms with Gasteiger partial charge >= 0.3 is 6.18 Å². The molecule has 2 atom stereocenters. The number of fused-ring (bicyclic) bond motifs is 1. The van der Waals surface area contributed by atoms with Crippen LogP contribution < -0.4 is 9.80 Å². The maximum Gasteiger partial charge on any atom is 0.416 e. The Balaban J connectivity index is 1.57. The van der Waals surface area contributed by atoms with Gasteiger partial charge in [-0.05, 0) is 73.4 Å². The quantitative estimate of drug-likeness (QED) is 0.347. The number of pyridine rings is 1. The van der Waals surface area contributed by atoms with E-state index < -0.39 is 35.6 Å². The van der Waals surface area contributed by atoms with E-state index in [9.17, 15) is 31.9 Å². The minimum atomic E-state index is -4.72. The number of aliphatic hydroxyl groups is 1. The molecule has 45 heavy (non-hydrogen) atoms. The first-order chi connectivity index (χ1) is 21.2. The van der Waals surface area contributed by atoms with Gasteiger partial charge in [0.15, 0.2) is 0 Å². The molecule has 2 aromatic carbocycles. The van der Waals surface area contributed by atoms with Crippen LogP contribution in [0.5, 0.6) is 0 Å². The summed E-state index contributed by atoms with van der Waals surface area (Å²) in [7, 11) is 1.50. The summed E-state index contributed by atoms with van der Waals surface area (Å²) in [4.78, 5) is 24.4. The lowest BCUT2D eigenvalue weighted by molar-refractivity contribution is -0.137. The van der Waals surface area contributed by atoms with Gasteiger partial charge < -0.3 is 19.6 Å². The highest BCUT2D eigenvalue weighted by molar-refractivity contribution is 6.03. The molecule has 0 spiro atoms. The number of benzene rings is 2. The van der Waals surface area contributed by atoms with Gasteiger partial charge in [0, 0.05) is 32.2 Å². The minimum absolute atomic E-state index is 0.0178. The fraction of sp³-hybridized carbons (Fsp3) is 0.455. The molecule has 0 saturated carbocycles. The van der Waals surface area contributed by atoms with Crippen molar-refractivity contribution in [3.05, 3.63) is 76.7 Å². The molecule has 0 unspecified atom stereocenters. The lowest BCUT2D eigenvalue weighted by Gasteiger charge is -2.48. The molecule has 1 N–H and O–H groups in total. The lowest BCUT2D eigenvalue weighted by Crippen LogP contribution is -2.63. The van der Waals surface area contributed by atoms with Crippen LogP contribution in [-0.4, -0.2) is 79.5 Å². The molecule has 1 aromatic heterocycles. The summed E-state index contributed by atoms with van der Waals surface area (Å²) in [5.41, 5.74) is -0.557.